The van der Waals surface area contributed by atoms with Gasteiger partial charge in [-0.1, -0.05) is 47.6 Å². The molecule has 0 spiro atoms. The molecule has 0 radical (unpaired) electrons. The summed E-state index contributed by atoms with van der Waals surface area (Å²) < 4.78 is 5.51. The first kappa shape index (κ1) is 20.6. The number of hydrogen-bond acceptors (Lipinski definition) is 6. The zero-order valence-electron chi connectivity index (χ0n) is 15.2. The third-order valence-corrected chi connectivity index (χ3v) is 5.11. The summed E-state index contributed by atoms with van der Waals surface area (Å²) in [4.78, 5) is 24.2. The lowest BCUT2D eigenvalue weighted by molar-refractivity contribution is -0.118. The van der Waals surface area contributed by atoms with E-state index in [0.717, 1.165) is 4.90 Å². The lowest BCUT2D eigenvalue weighted by Gasteiger charge is -2.11. The Morgan fingerprint density at radius 2 is 1.79 bits per heavy atom. The van der Waals surface area contributed by atoms with Crippen LogP contribution in [0.2, 0.25) is 5.02 Å². The van der Waals surface area contributed by atoms with Crippen LogP contribution < -0.4 is 15.8 Å². The molecular formula is C20H17ClN4O3S. The molecule has 0 unspecified atom stereocenters. The number of para-hydroxylation sites is 2. The normalized spacial score (nSPS) is 10.4. The Hall–Kier alpha value is -3.10. The SMILES string of the molecule is NC(=O)CCOc1ccccc1NC(=O)c1ccc(Sc2ccccc2Cl)nn1. The average Bonchev–Trinajstić information content (AvgIpc) is 2.71. The van der Waals surface area contributed by atoms with Crippen LogP contribution in [0.3, 0.4) is 0 Å². The fourth-order valence-electron chi connectivity index (χ4n) is 2.28. The summed E-state index contributed by atoms with van der Waals surface area (Å²) in [5.74, 6) is -0.463. The van der Waals surface area contributed by atoms with E-state index in [-0.39, 0.29) is 18.7 Å². The molecule has 9 heteroatoms. The number of ether oxygens (including phenoxy) is 1. The predicted octanol–water partition coefficient (Wildman–Crippen LogP) is 3.79. The van der Waals surface area contributed by atoms with Crippen LogP contribution in [-0.2, 0) is 4.79 Å². The van der Waals surface area contributed by atoms with Crippen molar-refractivity contribution in [1.82, 2.24) is 10.2 Å². The molecule has 0 aliphatic rings. The van der Waals surface area contributed by atoms with Crippen LogP contribution in [0.15, 0.2) is 70.6 Å². The van der Waals surface area contributed by atoms with Gasteiger partial charge >= 0.3 is 0 Å². The molecule has 0 bridgehead atoms. The molecule has 0 saturated heterocycles. The summed E-state index contributed by atoms with van der Waals surface area (Å²) in [6.07, 6.45) is 0.0817. The number of primary amides is 1. The second-order valence-electron chi connectivity index (χ2n) is 5.80. The van der Waals surface area contributed by atoms with E-state index in [2.05, 4.69) is 15.5 Å². The van der Waals surface area contributed by atoms with Crippen LogP contribution in [0, 0.1) is 0 Å². The van der Waals surface area contributed by atoms with E-state index in [4.69, 9.17) is 22.1 Å². The summed E-state index contributed by atoms with van der Waals surface area (Å²) in [6.45, 7) is 0.121. The smallest absolute Gasteiger partial charge is 0.276 e. The van der Waals surface area contributed by atoms with Gasteiger partial charge in [0.2, 0.25) is 5.91 Å². The summed E-state index contributed by atoms with van der Waals surface area (Å²) in [5, 5.41) is 12.0. The number of nitrogens with zero attached hydrogens (tertiary/aromatic N) is 2. The Balaban J connectivity index is 1.65. The van der Waals surface area contributed by atoms with Crippen molar-refractivity contribution in [3.63, 3.8) is 0 Å². The van der Waals surface area contributed by atoms with Crippen LogP contribution in [0.25, 0.3) is 0 Å². The molecule has 0 aliphatic carbocycles. The summed E-state index contributed by atoms with van der Waals surface area (Å²) >= 11 is 7.50. The number of nitrogens with two attached hydrogens (primary N) is 1. The van der Waals surface area contributed by atoms with E-state index in [0.29, 0.717) is 21.5 Å². The largest absolute Gasteiger partial charge is 0.491 e. The average molecular weight is 429 g/mol. The number of aromatic nitrogens is 2. The second kappa shape index (κ2) is 9.90. The van der Waals surface area contributed by atoms with Gasteiger partial charge in [-0.15, -0.1) is 10.2 Å². The minimum absolute atomic E-state index is 0.0817. The Morgan fingerprint density at radius 3 is 2.52 bits per heavy atom. The third-order valence-electron chi connectivity index (χ3n) is 3.67. The summed E-state index contributed by atoms with van der Waals surface area (Å²) in [7, 11) is 0. The van der Waals surface area contributed by atoms with Crippen LogP contribution in [0.5, 0.6) is 5.75 Å². The minimum Gasteiger partial charge on any atom is -0.491 e. The predicted molar refractivity (Wildman–Crippen MR) is 111 cm³/mol. The number of anilines is 1. The zero-order chi connectivity index (χ0) is 20.6. The first-order valence-corrected chi connectivity index (χ1v) is 9.80. The Labute approximate surface area is 176 Å². The molecule has 3 rings (SSSR count). The van der Waals surface area contributed by atoms with E-state index in [9.17, 15) is 9.59 Å². The standard InChI is InChI=1S/C20H17ClN4O3S/c21-13-5-1-4-8-17(13)29-19-10-9-15(24-25-19)20(27)23-14-6-2-3-7-16(14)28-12-11-18(22)26/h1-10H,11-12H2,(H2,22,26)(H,23,27). The maximum atomic E-state index is 12.5. The second-order valence-corrected chi connectivity index (χ2v) is 7.27. The number of amides is 2. The summed E-state index contributed by atoms with van der Waals surface area (Å²) in [5.41, 5.74) is 5.72. The van der Waals surface area contributed by atoms with E-state index in [1.807, 2.05) is 18.2 Å². The Kier molecular flexibility index (Phi) is 7.04. The highest BCUT2D eigenvalue weighted by atomic mass is 35.5. The van der Waals surface area contributed by atoms with Gasteiger partial charge in [-0.05, 0) is 36.4 Å². The maximum Gasteiger partial charge on any atom is 0.276 e. The van der Waals surface area contributed by atoms with E-state index < -0.39 is 11.8 Å². The van der Waals surface area contributed by atoms with Gasteiger partial charge in [-0.2, -0.15) is 0 Å². The zero-order valence-corrected chi connectivity index (χ0v) is 16.7. The molecule has 2 amide bonds. The van der Waals surface area contributed by atoms with Crippen molar-refractivity contribution in [3.05, 3.63) is 71.4 Å². The number of carbonyl (C=O) groups excluding carboxylic acids is 2. The molecule has 0 saturated carbocycles. The fourth-order valence-corrected chi connectivity index (χ4v) is 3.29. The van der Waals surface area contributed by atoms with Crippen LogP contribution >= 0.6 is 23.4 Å². The van der Waals surface area contributed by atoms with Gasteiger partial charge in [0.25, 0.3) is 5.91 Å². The van der Waals surface area contributed by atoms with Gasteiger partial charge in [0.05, 0.1) is 23.7 Å². The molecule has 0 fully saturated rings. The lowest BCUT2D eigenvalue weighted by atomic mass is 10.2. The highest BCUT2D eigenvalue weighted by Crippen LogP contribution is 2.31. The summed E-state index contributed by atoms with van der Waals surface area (Å²) in [6, 6.07) is 17.6. The van der Waals surface area contributed by atoms with Gasteiger partial charge in [-0.25, -0.2) is 0 Å². The van der Waals surface area contributed by atoms with Crippen molar-refractivity contribution < 1.29 is 14.3 Å². The molecule has 2 aromatic carbocycles. The van der Waals surface area contributed by atoms with E-state index in [1.165, 1.54) is 11.8 Å². The van der Waals surface area contributed by atoms with Crippen molar-refractivity contribution >= 4 is 40.9 Å². The van der Waals surface area contributed by atoms with Gasteiger partial charge in [0, 0.05) is 4.90 Å². The van der Waals surface area contributed by atoms with Gasteiger partial charge in [0.1, 0.15) is 10.8 Å². The monoisotopic (exact) mass is 428 g/mol. The fraction of sp³-hybridized carbons (Fsp3) is 0.100. The van der Waals surface area contributed by atoms with Crippen LogP contribution in [0.4, 0.5) is 5.69 Å². The topological polar surface area (TPSA) is 107 Å². The van der Waals surface area contributed by atoms with Gasteiger partial charge in [0.15, 0.2) is 5.69 Å². The molecular weight excluding hydrogens is 412 g/mol. The molecule has 3 aromatic rings. The van der Waals surface area contributed by atoms with Crippen LogP contribution in [-0.4, -0.2) is 28.6 Å². The number of rotatable bonds is 8. The maximum absolute atomic E-state index is 12.5. The first-order chi connectivity index (χ1) is 14.0. The lowest BCUT2D eigenvalue weighted by Crippen LogP contribution is -2.17. The molecule has 3 N–H and O–H groups in total. The Morgan fingerprint density at radius 1 is 1.03 bits per heavy atom. The molecule has 0 aliphatic heterocycles. The van der Waals surface area contributed by atoms with Crippen molar-refractivity contribution in [1.29, 1.82) is 0 Å². The molecule has 1 aromatic heterocycles. The number of halogens is 1. The number of benzene rings is 2. The molecule has 148 valence electrons. The first-order valence-electron chi connectivity index (χ1n) is 8.60. The molecule has 0 atom stereocenters. The van der Waals surface area contributed by atoms with Crippen molar-refractivity contribution in [2.24, 2.45) is 5.73 Å². The van der Waals surface area contributed by atoms with E-state index in [1.54, 1.807) is 42.5 Å². The number of nitrogens with one attached hydrogen (secondary N) is 1. The van der Waals surface area contributed by atoms with E-state index >= 15 is 0 Å². The van der Waals surface area contributed by atoms with Crippen LogP contribution in [0.1, 0.15) is 16.9 Å². The number of carbonyl (C=O) groups is 2. The van der Waals surface area contributed by atoms with Crippen molar-refractivity contribution in [2.75, 3.05) is 11.9 Å². The molecule has 1 heterocycles. The van der Waals surface area contributed by atoms with Gasteiger partial charge < -0.3 is 15.8 Å². The van der Waals surface area contributed by atoms with Gasteiger partial charge in [-0.3, -0.25) is 9.59 Å². The Bertz CT molecular complexity index is 1010. The van der Waals surface area contributed by atoms with Crippen molar-refractivity contribution in [2.45, 2.75) is 16.3 Å². The highest BCUT2D eigenvalue weighted by Gasteiger charge is 2.13. The molecule has 7 nitrogen and oxygen atoms in total. The highest BCUT2D eigenvalue weighted by molar-refractivity contribution is 7.99. The quantitative estimate of drug-likeness (QED) is 0.565. The minimum atomic E-state index is -0.462. The number of hydrogen-bond donors (Lipinski definition) is 2. The third kappa shape index (κ3) is 5.94. The van der Waals surface area contributed by atoms with Crippen molar-refractivity contribution in [3.8, 4) is 5.75 Å². The molecule has 29 heavy (non-hydrogen) atoms.